The van der Waals surface area contributed by atoms with Crippen molar-refractivity contribution in [2.24, 2.45) is 5.92 Å². The van der Waals surface area contributed by atoms with Gasteiger partial charge in [-0.3, -0.25) is 0 Å². The molecule has 1 rings (SSSR count). The van der Waals surface area contributed by atoms with Crippen molar-refractivity contribution in [1.82, 2.24) is 0 Å². The highest BCUT2D eigenvalue weighted by molar-refractivity contribution is 4.74. The third-order valence-electron chi connectivity index (χ3n) is 2.89. The van der Waals surface area contributed by atoms with Crippen molar-refractivity contribution in [1.29, 1.82) is 0 Å². The summed E-state index contributed by atoms with van der Waals surface area (Å²) in [6.07, 6.45) is 7.17. The molecule has 0 aromatic heterocycles. The van der Waals surface area contributed by atoms with Crippen LogP contribution in [0, 0.1) is 5.92 Å². The molecule has 0 heterocycles. The Hall–Kier alpha value is -0.0400. The van der Waals surface area contributed by atoms with Crippen molar-refractivity contribution in [3.05, 3.63) is 0 Å². The normalized spacial score (nSPS) is 30.5. The van der Waals surface area contributed by atoms with E-state index in [1.165, 1.54) is 32.1 Å². The fourth-order valence-corrected chi connectivity index (χ4v) is 2.16. The first kappa shape index (κ1) is 11.0. The molecule has 0 saturated heterocycles. The Bertz CT molecular complexity index is 138. The van der Waals surface area contributed by atoms with Gasteiger partial charge in [-0.25, -0.2) is 0 Å². The maximum absolute atomic E-state index is 5.97. The summed E-state index contributed by atoms with van der Waals surface area (Å²) in [7, 11) is 0. The topological polar surface area (TPSA) is 9.23 Å². The van der Waals surface area contributed by atoms with Gasteiger partial charge in [-0.15, -0.1) is 0 Å². The molecule has 1 fully saturated rings. The first-order valence-corrected chi connectivity index (χ1v) is 5.69. The molecule has 0 aromatic rings. The van der Waals surface area contributed by atoms with Gasteiger partial charge < -0.3 is 4.74 Å². The zero-order valence-electron chi connectivity index (χ0n) is 9.60. The predicted octanol–water partition coefficient (Wildman–Crippen LogP) is 3.77. The highest BCUT2D eigenvalue weighted by Crippen LogP contribution is 2.30. The van der Waals surface area contributed by atoms with Crippen LogP contribution in [0.5, 0.6) is 0 Å². The standard InChI is InChI=1S/C12H24O/c1-5-10-6-8-11(9-7-10)13-12(2,3)4/h10-11H,5-9H2,1-4H3. The van der Waals surface area contributed by atoms with Crippen molar-refractivity contribution in [3.63, 3.8) is 0 Å². The molecule has 0 aliphatic heterocycles. The van der Waals surface area contributed by atoms with E-state index in [2.05, 4.69) is 27.7 Å². The minimum Gasteiger partial charge on any atom is -0.373 e. The van der Waals surface area contributed by atoms with E-state index in [0.29, 0.717) is 6.10 Å². The Morgan fingerprint density at radius 1 is 1.08 bits per heavy atom. The molecule has 0 aromatic carbocycles. The Kier molecular flexibility index (Phi) is 3.78. The molecule has 1 nitrogen and oxygen atoms in total. The molecule has 1 saturated carbocycles. The van der Waals surface area contributed by atoms with Crippen LogP contribution in [-0.4, -0.2) is 11.7 Å². The third-order valence-corrected chi connectivity index (χ3v) is 2.89. The molecular formula is C12H24O. The number of hydrogen-bond donors (Lipinski definition) is 0. The lowest BCUT2D eigenvalue weighted by atomic mass is 9.85. The van der Waals surface area contributed by atoms with Crippen LogP contribution in [0.2, 0.25) is 0 Å². The minimum absolute atomic E-state index is 0.0454. The second-order valence-corrected chi connectivity index (χ2v) is 5.28. The average molecular weight is 184 g/mol. The molecule has 1 aliphatic carbocycles. The minimum atomic E-state index is 0.0454. The fourth-order valence-electron chi connectivity index (χ4n) is 2.16. The Balaban J connectivity index is 2.25. The second-order valence-electron chi connectivity index (χ2n) is 5.28. The quantitative estimate of drug-likeness (QED) is 0.634. The van der Waals surface area contributed by atoms with Gasteiger partial charge in [0.25, 0.3) is 0 Å². The van der Waals surface area contributed by atoms with Gasteiger partial charge >= 0.3 is 0 Å². The molecular weight excluding hydrogens is 160 g/mol. The summed E-state index contributed by atoms with van der Waals surface area (Å²) >= 11 is 0. The molecule has 1 aliphatic rings. The average Bonchev–Trinajstić information content (AvgIpc) is 2.03. The molecule has 0 bridgehead atoms. The zero-order valence-corrected chi connectivity index (χ0v) is 9.60. The zero-order chi connectivity index (χ0) is 9.90. The lowest BCUT2D eigenvalue weighted by molar-refractivity contribution is -0.0783. The molecule has 0 atom stereocenters. The highest BCUT2D eigenvalue weighted by atomic mass is 16.5. The van der Waals surface area contributed by atoms with Crippen molar-refractivity contribution < 1.29 is 4.74 Å². The molecule has 0 amide bonds. The first-order valence-electron chi connectivity index (χ1n) is 5.69. The summed E-state index contributed by atoms with van der Waals surface area (Å²) in [6.45, 7) is 8.76. The maximum atomic E-state index is 5.97. The summed E-state index contributed by atoms with van der Waals surface area (Å²) in [6, 6.07) is 0. The van der Waals surface area contributed by atoms with E-state index in [4.69, 9.17) is 4.74 Å². The van der Waals surface area contributed by atoms with E-state index in [9.17, 15) is 0 Å². The Morgan fingerprint density at radius 3 is 2.00 bits per heavy atom. The van der Waals surface area contributed by atoms with Crippen LogP contribution >= 0.6 is 0 Å². The molecule has 0 unspecified atom stereocenters. The van der Waals surface area contributed by atoms with Gasteiger partial charge in [0, 0.05) is 0 Å². The summed E-state index contributed by atoms with van der Waals surface area (Å²) in [5.41, 5.74) is 0.0454. The van der Waals surface area contributed by atoms with Crippen LogP contribution in [0.15, 0.2) is 0 Å². The van der Waals surface area contributed by atoms with E-state index in [1.54, 1.807) is 0 Å². The van der Waals surface area contributed by atoms with Gasteiger partial charge in [-0.2, -0.15) is 0 Å². The first-order chi connectivity index (χ1) is 6.01. The largest absolute Gasteiger partial charge is 0.373 e. The molecule has 78 valence electrons. The van der Waals surface area contributed by atoms with Crippen LogP contribution < -0.4 is 0 Å². The van der Waals surface area contributed by atoms with E-state index < -0.39 is 0 Å². The van der Waals surface area contributed by atoms with Crippen molar-refractivity contribution in [2.75, 3.05) is 0 Å². The van der Waals surface area contributed by atoms with E-state index in [1.807, 2.05) is 0 Å². The lowest BCUT2D eigenvalue weighted by Gasteiger charge is -2.33. The van der Waals surface area contributed by atoms with Crippen molar-refractivity contribution in [2.45, 2.75) is 71.5 Å². The molecule has 0 radical (unpaired) electrons. The highest BCUT2D eigenvalue weighted by Gasteiger charge is 2.24. The second kappa shape index (κ2) is 4.45. The molecule has 0 spiro atoms. The van der Waals surface area contributed by atoms with Gasteiger partial charge in [0.1, 0.15) is 0 Å². The summed E-state index contributed by atoms with van der Waals surface area (Å²) in [4.78, 5) is 0. The van der Waals surface area contributed by atoms with Crippen LogP contribution in [0.25, 0.3) is 0 Å². The van der Waals surface area contributed by atoms with E-state index in [-0.39, 0.29) is 5.60 Å². The Labute approximate surface area is 82.9 Å². The smallest absolute Gasteiger partial charge is 0.0602 e. The Morgan fingerprint density at radius 2 is 1.62 bits per heavy atom. The SMILES string of the molecule is CCC1CCC(OC(C)(C)C)CC1. The molecule has 13 heavy (non-hydrogen) atoms. The predicted molar refractivity (Wildman–Crippen MR) is 56.9 cm³/mol. The van der Waals surface area contributed by atoms with Crippen LogP contribution in [0.1, 0.15) is 59.8 Å². The van der Waals surface area contributed by atoms with Crippen LogP contribution in [0.3, 0.4) is 0 Å². The molecule has 1 heteroatoms. The number of hydrogen-bond acceptors (Lipinski definition) is 1. The van der Waals surface area contributed by atoms with Crippen LogP contribution in [-0.2, 0) is 4.74 Å². The lowest BCUT2D eigenvalue weighted by Crippen LogP contribution is -2.30. The van der Waals surface area contributed by atoms with Gasteiger partial charge in [-0.05, 0) is 52.4 Å². The summed E-state index contributed by atoms with van der Waals surface area (Å²) < 4.78 is 5.97. The number of ether oxygens (including phenoxy) is 1. The van der Waals surface area contributed by atoms with Gasteiger partial charge in [0.2, 0.25) is 0 Å². The number of rotatable bonds is 2. The summed E-state index contributed by atoms with van der Waals surface area (Å²) in [5, 5.41) is 0. The van der Waals surface area contributed by atoms with Crippen molar-refractivity contribution >= 4 is 0 Å². The monoisotopic (exact) mass is 184 g/mol. The van der Waals surface area contributed by atoms with Gasteiger partial charge in [0.05, 0.1) is 11.7 Å². The van der Waals surface area contributed by atoms with Gasteiger partial charge in [-0.1, -0.05) is 13.3 Å². The molecule has 0 N–H and O–H groups in total. The van der Waals surface area contributed by atoms with Crippen LogP contribution in [0.4, 0.5) is 0 Å². The third kappa shape index (κ3) is 4.12. The van der Waals surface area contributed by atoms with E-state index in [0.717, 1.165) is 5.92 Å². The van der Waals surface area contributed by atoms with Crippen molar-refractivity contribution in [3.8, 4) is 0 Å². The van der Waals surface area contributed by atoms with E-state index >= 15 is 0 Å². The van der Waals surface area contributed by atoms with Gasteiger partial charge in [0.15, 0.2) is 0 Å². The fraction of sp³-hybridized carbons (Fsp3) is 1.00. The summed E-state index contributed by atoms with van der Waals surface area (Å²) in [5.74, 6) is 0.972. The maximum Gasteiger partial charge on any atom is 0.0602 e.